The molecule has 0 saturated carbocycles. The molecule has 1 heterocycles. The number of aromatic hydroxyl groups is 1. The molecule has 0 aliphatic rings. The van der Waals surface area contributed by atoms with E-state index in [4.69, 9.17) is 10.2 Å². The minimum Gasteiger partial charge on any atom is -0.508 e. The van der Waals surface area contributed by atoms with Crippen molar-refractivity contribution in [1.29, 1.82) is 0 Å². The monoisotopic (exact) mass is 262 g/mol. The number of hydrogen-bond acceptors (Lipinski definition) is 5. The van der Waals surface area contributed by atoms with E-state index in [-0.39, 0.29) is 11.3 Å². The van der Waals surface area contributed by atoms with Crippen LogP contribution in [0.2, 0.25) is 0 Å². The van der Waals surface area contributed by atoms with E-state index in [0.29, 0.717) is 11.4 Å². The number of phenols is 1. The Kier molecular flexibility index (Phi) is 3.78. The third-order valence-corrected chi connectivity index (χ3v) is 3.26. The summed E-state index contributed by atoms with van der Waals surface area (Å²) < 4.78 is 0. The predicted molar refractivity (Wildman–Crippen MR) is 66.7 cm³/mol. The van der Waals surface area contributed by atoms with Gasteiger partial charge in [0, 0.05) is 16.8 Å². The standard InChI is InChI=1S/C12H10N2O3S/c15-8-1-3-9(4-2-8)18-6-11-10(12(16)17)5-13-7-14-11/h1-5,7,15H,6H2,(H,16,17). The van der Waals surface area contributed by atoms with Gasteiger partial charge in [-0.1, -0.05) is 0 Å². The van der Waals surface area contributed by atoms with E-state index < -0.39 is 5.97 Å². The lowest BCUT2D eigenvalue weighted by atomic mass is 10.2. The molecule has 18 heavy (non-hydrogen) atoms. The fourth-order valence-electron chi connectivity index (χ4n) is 1.34. The zero-order valence-electron chi connectivity index (χ0n) is 9.28. The molecule has 5 nitrogen and oxygen atoms in total. The Morgan fingerprint density at radius 2 is 2.00 bits per heavy atom. The van der Waals surface area contributed by atoms with Crippen molar-refractivity contribution in [3.05, 3.63) is 48.0 Å². The van der Waals surface area contributed by atoms with Gasteiger partial charge in [0.05, 0.1) is 5.69 Å². The van der Waals surface area contributed by atoms with Crippen LogP contribution in [0, 0.1) is 0 Å². The summed E-state index contributed by atoms with van der Waals surface area (Å²) in [6.45, 7) is 0. The maximum Gasteiger partial charge on any atom is 0.339 e. The number of rotatable bonds is 4. The van der Waals surface area contributed by atoms with Crippen LogP contribution in [0.15, 0.2) is 41.7 Å². The van der Waals surface area contributed by atoms with Gasteiger partial charge in [-0.3, -0.25) is 0 Å². The summed E-state index contributed by atoms with van der Waals surface area (Å²) in [4.78, 5) is 19.6. The van der Waals surface area contributed by atoms with Crippen molar-refractivity contribution in [3.63, 3.8) is 0 Å². The predicted octanol–water partition coefficient (Wildman–Crippen LogP) is 2.17. The molecule has 0 aliphatic carbocycles. The number of carboxylic acid groups (broad SMARTS) is 1. The van der Waals surface area contributed by atoms with Gasteiger partial charge >= 0.3 is 5.97 Å². The summed E-state index contributed by atoms with van der Waals surface area (Å²) in [6, 6.07) is 6.70. The van der Waals surface area contributed by atoms with Gasteiger partial charge in [0.2, 0.25) is 0 Å². The molecule has 1 aromatic carbocycles. The van der Waals surface area contributed by atoms with Gasteiger partial charge in [0.25, 0.3) is 0 Å². The summed E-state index contributed by atoms with van der Waals surface area (Å²) in [5.41, 5.74) is 0.597. The molecule has 2 rings (SSSR count). The summed E-state index contributed by atoms with van der Waals surface area (Å²) in [6.07, 6.45) is 2.63. The zero-order valence-corrected chi connectivity index (χ0v) is 10.1. The van der Waals surface area contributed by atoms with Crippen molar-refractivity contribution in [3.8, 4) is 5.75 Å². The van der Waals surface area contributed by atoms with Gasteiger partial charge in [-0.05, 0) is 24.3 Å². The molecule has 0 atom stereocenters. The quantitative estimate of drug-likeness (QED) is 0.822. The summed E-state index contributed by atoms with van der Waals surface area (Å²) in [5.74, 6) is -0.390. The Morgan fingerprint density at radius 3 is 2.67 bits per heavy atom. The lowest BCUT2D eigenvalue weighted by molar-refractivity contribution is 0.0695. The number of hydrogen-bond donors (Lipinski definition) is 2. The lowest BCUT2D eigenvalue weighted by Gasteiger charge is -2.04. The largest absolute Gasteiger partial charge is 0.508 e. The van der Waals surface area contributed by atoms with Crippen molar-refractivity contribution in [2.75, 3.05) is 0 Å². The molecule has 2 N–H and O–H groups in total. The number of nitrogens with zero attached hydrogens (tertiary/aromatic N) is 2. The highest BCUT2D eigenvalue weighted by Gasteiger charge is 2.11. The van der Waals surface area contributed by atoms with Crippen LogP contribution in [-0.2, 0) is 5.75 Å². The Morgan fingerprint density at radius 1 is 1.28 bits per heavy atom. The van der Waals surface area contributed by atoms with Crippen molar-refractivity contribution in [2.24, 2.45) is 0 Å². The van der Waals surface area contributed by atoms with Crippen LogP contribution in [0.4, 0.5) is 0 Å². The number of phenolic OH excluding ortho intramolecular Hbond substituents is 1. The highest BCUT2D eigenvalue weighted by Crippen LogP contribution is 2.24. The van der Waals surface area contributed by atoms with Gasteiger partial charge in [-0.25, -0.2) is 14.8 Å². The van der Waals surface area contributed by atoms with E-state index in [1.807, 2.05) is 0 Å². The number of benzene rings is 1. The lowest BCUT2D eigenvalue weighted by Crippen LogP contribution is -2.04. The molecule has 1 aromatic heterocycles. The van der Waals surface area contributed by atoms with Gasteiger partial charge in [0.15, 0.2) is 0 Å². The Bertz CT molecular complexity index is 558. The van der Waals surface area contributed by atoms with Gasteiger partial charge in [0.1, 0.15) is 17.6 Å². The summed E-state index contributed by atoms with van der Waals surface area (Å²) in [5, 5.41) is 18.1. The van der Waals surface area contributed by atoms with Crippen molar-refractivity contribution >= 4 is 17.7 Å². The van der Waals surface area contributed by atoms with Gasteiger partial charge in [-0.2, -0.15) is 0 Å². The minimum absolute atomic E-state index is 0.115. The van der Waals surface area contributed by atoms with E-state index in [1.54, 1.807) is 24.3 Å². The van der Waals surface area contributed by atoms with Crippen LogP contribution in [-0.4, -0.2) is 26.2 Å². The molecule has 0 fully saturated rings. The Hall–Kier alpha value is -2.08. The molecule has 0 saturated heterocycles. The van der Waals surface area contributed by atoms with Crippen molar-refractivity contribution < 1.29 is 15.0 Å². The number of aromatic carboxylic acids is 1. The van der Waals surface area contributed by atoms with Crippen LogP contribution in [0.25, 0.3) is 0 Å². The van der Waals surface area contributed by atoms with Crippen molar-refractivity contribution in [1.82, 2.24) is 9.97 Å². The topological polar surface area (TPSA) is 83.3 Å². The average molecular weight is 262 g/mol. The van der Waals surface area contributed by atoms with E-state index >= 15 is 0 Å². The Balaban J connectivity index is 2.10. The highest BCUT2D eigenvalue weighted by atomic mass is 32.2. The molecular formula is C12H10N2O3S. The third-order valence-electron chi connectivity index (χ3n) is 2.24. The molecule has 0 unspecified atom stereocenters. The fourth-order valence-corrected chi connectivity index (χ4v) is 2.20. The molecule has 92 valence electrons. The highest BCUT2D eigenvalue weighted by molar-refractivity contribution is 7.98. The normalized spacial score (nSPS) is 10.2. The van der Waals surface area contributed by atoms with E-state index in [9.17, 15) is 4.79 Å². The van der Waals surface area contributed by atoms with Crippen molar-refractivity contribution in [2.45, 2.75) is 10.6 Å². The number of carboxylic acids is 1. The van der Waals surface area contributed by atoms with Crippen LogP contribution < -0.4 is 0 Å². The summed E-state index contributed by atoms with van der Waals surface area (Å²) >= 11 is 1.45. The molecular weight excluding hydrogens is 252 g/mol. The second-order valence-electron chi connectivity index (χ2n) is 3.47. The summed E-state index contributed by atoms with van der Waals surface area (Å²) in [7, 11) is 0. The molecule has 0 aliphatic heterocycles. The molecule has 6 heteroatoms. The first-order valence-corrected chi connectivity index (χ1v) is 6.09. The molecule has 0 radical (unpaired) electrons. The maximum atomic E-state index is 11.0. The van der Waals surface area contributed by atoms with E-state index in [0.717, 1.165) is 4.90 Å². The van der Waals surface area contributed by atoms with E-state index in [1.165, 1.54) is 24.3 Å². The van der Waals surface area contributed by atoms with Crippen LogP contribution in [0.3, 0.4) is 0 Å². The molecule has 0 amide bonds. The molecule has 0 spiro atoms. The number of aromatic nitrogens is 2. The smallest absolute Gasteiger partial charge is 0.339 e. The third kappa shape index (κ3) is 2.98. The second-order valence-corrected chi connectivity index (χ2v) is 4.52. The van der Waals surface area contributed by atoms with Crippen LogP contribution in [0.5, 0.6) is 5.75 Å². The zero-order chi connectivity index (χ0) is 13.0. The van der Waals surface area contributed by atoms with Gasteiger partial charge in [-0.15, -0.1) is 11.8 Å². The first-order chi connectivity index (χ1) is 8.66. The Labute approximate surface area is 108 Å². The van der Waals surface area contributed by atoms with Gasteiger partial charge < -0.3 is 10.2 Å². The van der Waals surface area contributed by atoms with E-state index in [2.05, 4.69) is 9.97 Å². The minimum atomic E-state index is -1.03. The second kappa shape index (κ2) is 5.50. The number of thioether (sulfide) groups is 1. The SMILES string of the molecule is O=C(O)c1cncnc1CSc1ccc(O)cc1. The fraction of sp³-hybridized carbons (Fsp3) is 0.0833. The number of carbonyl (C=O) groups is 1. The first-order valence-electron chi connectivity index (χ1n) is 5.11. The maximum absolute atomic E-state index is 11.0. The molecule has 2 aromatic rings. The average Bonchev–Trinajstić information content (AvgIpc) is 2.38. The van der Waals surface area contributed by atoms with Crippen LogP contribution >= 0.6 is 11.8 Å². The first kappa shape index (κ1) is 12.4. The molecule has 0 bridgehead atoms. The van der Waals surface area contributed by atoms with Crippen LogP contribution in [0.1, 0.15) is 16.1 Å².